The molecule has 1 aromatic heterocycles. The van der Waals surface area contributed by atoms with Crippen molar-refractivity contribution in [2.75, 3.05) is 32.2 Å². The minimum atomic E-state index is -0.334. The summed E-state index contributed by atoms with van der Waals surface area (Å²) in [4.78, 5) is 16.8. The number of methoxy groups -OCH3 is 2. The first-order valence-corrected chi connectivity index (χ1v) is 8.57. The van der Waals surface area contributed by atoms with E-state index in [1.165, 1.54) is 12.8 Å². The summed E-state index contributed by atoms with van der Waals surface area (Å²) in [6.45, 7) is 2.82. The molecule has 1 aliphatic rings. The van der Waals surface area contributed by atoms with E-state index < -0.39 is 0 Å². The van der Waals surface area contributed by atoms with Gasteiger partial charge in [-0.3, -0.25) is 0 Å². The maximum absolute atomic E-state index is 11.5. The molecule has 25 heavy (non-hydrogen) atoms. The molecule has 0 unspecified atom stereocenters. The van der Waals surface area contributed by atoms with Gasteiger partial charge in [0.05, 0.1) is 14.2 Å². The molecule has 0 bridgehead atoms. The smallest absolute Gasteiger partial charge is 0.354 e. The molecule has 0 amide bonds. The summed E-state index contributed by atoms with van der Waals surface area (Å²) >= 11 is 0. The zero-order chi connectivity index (χ0) is 17.6. The highest BCUT2D eigenvalue weighted by atomic mass is 16.5. The highest BCUT2D eigenvalue weighted by Crippen LogP contribution is 2.23. The number of esters is 1. The molecule has 2 aromatic rings. The molecule has 1 fully saturated rings. The lowest BCUT2D eigenvalue weighted by Crippen LogP contribution is -2.42. The summed E-state index contributed by atoms with van der Waals surface area (Å²) in [6.07, 6.45) is 4.05. The number of hydrogen-bond acceptors (Lipinski definition) is 5. The van der Waals surface area contributed by atoms with Crippen LogP contribution in [-0.2, 0) is 11.3 Å². The van der Waals surface area contributed by atoms with Gasteiger partial charge in [0.2, 0.25) is 0 Å². The first-order valence-electron chi connectivity index (χ1n) is 8.57. The third-order valence-electron chi connectivity index (χ3n) is 4.68. The Bertz CT molecular complexity index is 688. The number of carbonyl (C=O) groups is 1. The van der Waals surface area contributed by atoms with Crippen LogP contribution in [0.15, 0.2) is 36.5 Å². The molecule has 0 atom stereocenters. The number of nitrogens with zero attached hydrogens (tertiary/aromatic N) is 1. The van der Waals surface area contributed by atoms with E-state index in [2.05, 4.69) is 27.3 Å². The molecule has 1 aromatic carbocycles. The van der Waals surface area contributed by atoms with Crippen LogP contribution in [0.4, 0.5) is 5.69 Å². The Kier molecular flexibility index (Phi) is 5.60. The van der Waals surface area contributed by atoms with Crippen LogP contribution in [0.5, 0.6) is 5.75 Å². The Morgan fingerprint density at radius 2 is 1.96 bits per heavy atom. The van der Waals surface area contributed by atoms with Gasteiger partial charge in [-0.2, -0.15) is 0 Å². The average molecular weight is 343 g/mol. The second-order valence-electron chi connectivity index (χ2n) is 6.25. The van der Waals surface area contributed by atoms with Crippen LogP contribution in [0.3, 0.4) is 0 Å². The highest BCUT2D eigenvalue weighted by molar-refractivity contribution is 5.87. The fraction of sp³-hybridized carbons (Fsp3) is 0.421. The molecule has 0 saturated carbocycles. The van der Waals surface area contributed by atoms with E-state index in [-0.39, 0.29) is 5.97 Å². The van der Waals surface area contributed by atoms with Crippen molar-refractivity contribution in [2.45, 2.75) is 25.4 Å². The quantitative estimate of drug-likeness (QED) is 0.789. The third kappa shape index (κ3) is 4.33. The number of ether oxygens (including phenoxy) is 2. The number of anilines is 1. The van der Waals surface area contributed by atoms with E-state index in [4.69, 9.17) is 9.47 Å². The van der Waals surface area contributed by atoms with E-state index in [0.717, 1.165) is 43.8 Å². The molecule has 1 aliphatic heterocycles. The zero-order valence-electron chi connectivity index (χ0n) is 14.7. The number of benzene rings is 1. The molecule has 3 rings (SSSR count). The monoisotopic (exact) mass is 343 g/mol. The number of hydrogen-bond donors (Lipinski definition) is 2. The molecule has 134 valence electrons. The summed E-state index contributed by atoms with van der Waals surface area (Å²) in [5.74, 6) is 0.553. The van der Waals surface area contributed by atoms with Crippen LogP contribution in [0.2, 0.25) is 0 Å². The van der Waals surface area contributed by atoms with Crippen molar-refractivity contribution < 1.29 is 14.3 Å². The molecule has 0 spiro atoms. The number of carbonyl (C=O) groups excluding carboxylic acids is 1. The summed E-state index contributed by atoms with van der Waals surface area (Å²) in [5.41, 5.74) is 2.80. The SMILES string of the molecule is COC(=O)c1cc(CNC2CCN(c3ccc(OC)cc3)CC2)c[nH]1. The van der Waals surface area contributed by atoms with Crippen molar-refractivity contribution in [3.8, 4) is 5.75 Å². The van der Waals surface area contributed by atoms with E-state index >= 15 is 0 Å². The fourth-order valence-corrected chi connectivity index (χ4v) is 3.17. The maximum Gasteiger partial charge on any atom is 0.354 e. The number of nitrogens with one attached hydrogen (secondary N) is 2. The average Bonchev–Trinajstić information content (AvgIpc) is 3.15. The number of rotatable bonds is 6. The summed E-state index contributed by atoms with van der Waals surface area (Å²) < 4.78 is 9.92. The standard InChI is InChI=1S/C19H25N3O3/c1-24-17-5-3-16(4-6-17)22-9-7-15(8-10-22)20-12-14-11-18(21-13-14)19(23)25-2/h3-6,11,13,15,20-21H,7-10,12H2,1-2H3. The van der Waals surface area contributed by atoms with Crippen molar-refractivity contribution >= 4 is 11.7 Å². The van der Waals surface area contributed by atoms with Gasteiger partial charge in [0.25, 0.3) is 0 Å². The van der Waals surface area contributed by atoms with E-state index in [1.54, 1.807) is 7.11 Å². The largest absolute Gasteiger partial charge is 0.497 e. The molecule has 0 aliphatic carbocycles. The second kappa shape index (κ2) is 8.07. The zero-order valence-corrected chi connectivity index (χ0v) is 14.7. The summed E-state index contributed by atoms with van der Waals surface area (Å²) in [7, 11) is 3.07. The van der Waals surface area contributed by atoms with Crippen molar-refractivity contribution in [1.29, 1.82) is 0 Å². The number of aromatic amines is 1. The Hall–Kier alpha value is -2.47. The van der Waals surface area contributed by atoms with Gasteiger partial charge in [-0.25, -0.2) is 4.79 Å². The maximum atomic E-state index is 11.5. The van der Waals surface area contributed by atoms with Gasteiger partial charge in [0.1, 0.15) is 11.4 Å². The minimum Gasteiger partial charge on any atom is -0.497 e. The predicted octanol–water partition coefficient (Wildman–Crippen LogP) is 2.57. The van der Waals surface area contributed by atoms with Gasteiger partial charge in [0, 0.05) is 37.6 Å². The molecular formula is C19H25N3O3. The van der Waals surface area contributed by atoms with Crippen LogP contribution in [0.25, 0.3) is 0 Å². The fourth-order valence-electron chi connectivity index (χ4n) is 3.17. The van der Waals surface area contributed by atoms with Crippen LogP contribution < -0.4 is 15.0 Å². The van der Waals surface area contributed by atoms with Gasteiger partial charge >= 0.3 is 5.97 Å². The van der Waals surface area contributed by atoms with Crippen molar-refractivity contribution in [3.05, 3.63) is 47.8 Å². The lowest BCUT2D eigenvalue weighted by Gasteiger charge is -2.34. The minimum absolute atomic E-state index is 0.334. The lowest BCUT2D eigenvalue weighted by molar-refractivity contribution is 0.0595. The van der Waals surface area contributed by atoms with Gasteiger partial charge in [0.15, 0.2) is 0 Å². The molecule has 2 N–H and O–H groups in total. The number of H-pyrrole nitrogens is 1. The van der Waals surface area contributed by atoms with Crippen LogP contribution in [0.1, 0.15) is 28.9 Å². The molecule has 1 saturated heterocycles. The van der Waals surface area contributed by atoms with Crippen molar-refractivity contribution in [1.82, 2.24) is 10.3 Å². The van der Waals surface area contributed by atoms with Crippen LogP contribution >= 0.6 is 0 Å². The van der Waals surface area contributed by atoms with Gasteiger partial charge in [-0.1, -0.05) is 0 Å². The van der Waals surface area contributed by atoms with Gasteiger partial charge in [-0.05, 0) is 48.7 Å². The normalized spacial score (nSPS) is 15.2. The third-order valence-corrected chi connectivity index (χ3v) is 4.68. The first-order chi connectivity index (χ1) is 12.2. The van der Waals surface area contributed by atoms with Gasteiger partial charge in [-0.15, -0.1) is 0 Å². The van der Waals surface area contributed by atoms with Gasteiger partial charge < -0.3 is 24.7 Å². The Labute approximate surface area is 148 Å². The topological polar surface area (TPSA) is 66.6 Å². The Morgan fingerprint density at radius 1 is 1.24 bits per heavy atom. The van der Waals surface area contributed by atoms with Crippen LogP contribution in [-0.4, -0.2) is 44.3 Å². The van der Waals surface area contributed by atoms with E-state index in [1.807, 2.05) is 24.4 Å². The van der Waals surface area contributed by atoms with E-state index in [0.29, 0.717) is 11.7 Å². The molecule has 6 nitrogen and oxygen atoms in total. The van der Waals surface area contributed by atoms with Crippen molar-refractivity contribution in [2.24, 2.45) is 0 Å². The van der Waals surface area contributed by atoms with Crippen LogP contribution in [0, 0.1) is 0 Å². The lowest BCUT2D eigenvalue weighted by atomic mass is 10.0. The Balaban J connectivity index is 1.46. The molecule has 6 heteroatoms. The number of piperidine rings is 1. The molecular weight excluding hydrogens is 318 g/mol. The second-order valence-corrected chi connectivity index (χ2v) is 6.25. The first kappa shape index (κ1) is 17.4. The predicted molar refractivity (Wildman–Crippen MR) is 97.2 cm³/mol. The van der Waals surface area contributed by atoms with Crippen molar-refractivity contribution in [3.63, 3.8) is 0 Å². The highest BCUT2D eigenvalue weighted by Gasteiger charge is 2.19. The summed E-state index contributed by atoms with van der Waals surface area (Å²) in [6, 6.07) is 10.6. The Morgan fingerprint density at radius 3 is 2.60 bits per heavy atom. The molecule has 2 heterocycles. The molecule has 0 radical (unpaired) electrons. The van der Waals surface area contributed by atoms with E-state index in [9.17, 15) is 4.79 Å². The summed E-state index contributed by atoms with van der Waals surface area (Å²) in [5, 5.41) is 3.58. The number of aromatic nitrogens is 1.